The SMILES string of the molecule is CCCCC(CC)CNC(=O)c1nc2c3nc(C(=O)NCC(CC)CCCC)c(C(=O)NCC(CC)CCCC)nc3c3nc(C(=O)NCC(CC)CCCC)c(C(=O)NCC(CC)CCCC)nc3c2nc1C(=O)NCC(CC)CCCC. The van der Waals surface area contributed by atoms with E-state index in [0.29, 0.717) is 39.3 Å². The van der Waals surface area contributed by atoms with Crippen LogP contribution in [0.15, 0.2) is 0 Å². The molecule has 0 fully saturated rings. The van der Waals surface area contributed by atoms with Crippen LogP contribution in [0.5, 0.6) is 0 Å². The van der Waals surface area contributed by atoms with Gasteiger partial charge < -0.3 is 31.9 Å². The van der Waals surface area contributed by atoms with Gasteiger partial charge in [0.05, 0.1) is 0 Å². The molecule has 6 atom stereocenters. The molecule has 0 aliphatic heterocycles. The van der Waals surface area contributed by atoms with Crippen molar-refractivity contribution in [3.8, 4) is 0 Å². The van der Waals surface area contributed by atoms with Crippen molar-refractivity contribution in [3.63, 3.8) is 0 Å². The summed E-state index contributed by atoms with van der Waals surface area (Å²) in [6.45, 7) is 27.2. The molecule has 6 unspecified atom stereocenters. The van der Waals surface area contributed by atoms with Crippen molar-refractivity contribution in [2.75, 3.05) is 39.3 Å². The molecule has 468 valence electrons. The first-order valence-corrected chi connectivity index (χ1v) is 33.1. The molecule has 6 amide bonds. The van der Waals surface area contributed by atoms with E-state index in [1.165, 1.54) is 0 Å². The summed E-state index contributed by atoms with van der Waals surface area (Å²) in [6, 6.07) is 0. The van der Waals surface area contributed by atoms with Crippen LogP contribution in [0.25, 0.3) is 33.1 Å². The van der Waals surface area contributed by atoms with E-state index < -0.39 is 35.4 Å². The second-order valence-corrected chi connectivity index (χ2v) is 23.6. The smallest absolute Gasteiger partial charge is 0.272 e. The van der Waals surface area contributed by atoms with Gasteiger partial charge in [-0.2, -0.15) is 0 Å². The molecule has 0 bridgehead atoms. The molecular weight excluding hydrogens is 1060 g/mol. The Labute approximate surface area is 503 Å². The summed E-state index contributed by atoms with van der Waals surface area (Å²) in [5, 5.41) is 18.4. The number of carbonyl (C=O) groups excluding carboxylic acids is 6. The fourth-order valence-electron chi connectivity index (χ4n) is 10.8. The quantitative estimate of drug-likeness (QED) is 0.0227. The Hall–Kier alpha value is -5.94. The number of nitrogens with one attached hydrogen (secondary N) is 6. The lowest BCUT2D eigenvalue weighted by atomic mass is 9.99. The third-order valence-electron chi connectivity index (χ3n) is 17.2. The van der Waals surface area contributed by atoms with Gasteiger partial charge in [-0.05, 0) is 74.0 Å². The van der Waals surface area contributed by atoms with Gasteiger partial charge in [0.15, 0.2) is 34.2 Å². The molecular formula is C66H108N12O6. The van der Waals surface area contributed by atoms with Crippen LogP contribution in [-0.4, -0.2) is 105 Å². The molecule has 84 heavy (non-hydrogen) atoms. The number of hydrogen-bond donors (Lipinski definition) is 6. The number of aromatic nitrogens is 6. The molecule has 0 aliphatic rings. The van der Waals surface area contributed by atoms with Gasteiger partial charge in [-0.15, -0.1) is 0 Å². The van der Waals surface area contributed by atoms with Crippen LogP contribution < -0.4 is 31.9 Å². The summed E-state index contributed by atoms with van der Waals surface area (Å²) < 4.78 is 0. The third-order valence-corrected chi connectivity index (χ3v) is 17.2. The highest BCUT2D eigenvalue weighted by molar-refractivity contribution is 6.22. The van der Waals surface area contributed by atoms with Crippen LogP contribution in [-0.2, 0) is 0 Å². The molecule has 0 radical (unpaired) electrons. The van der Waals surface area contributed by atoms with Crippen LogP contribution in [0.3, 0.4) is 0 Å². The van der Waals surface area contributed by atoms with Crippen LogP contribution in [0.1, 0.15) is 300 Å². The molecule has 18 heteroatoms. The van der Waals surface area contributed by atoms with E-state index in [-0.39, 0.29) is 103 Å². The largest absolute Gasteiger partial charge is 0.350 e. The Kier molecular flexibility index (Phi) is 32.1. The minimum atomic E-state index is -0.639. The Balaban J connectivity index is 2.25. The minimum absolute atomic E-state index is 0.0645. The zero-order valence-electron chi connectivity index (χ0n) is 53.8. The van der Waals surface area contributed by atoms with E-state index in [9.17, 15) is 28.8 Å². The zero-order chi connectivity index (χ0) is 61.6. The van der Waals surface area contributed by atoms with Crippen molar-refractivity contribution in [1.29, 1.82) is 0 Å². The van der Waals surface area contributed by atoms with Crippen molar-refractivity contribution in [3.05, 3.63) is 34.2 Å². The molecule has 4 rings (SSSR count). The number of benzene rings is 1. The highest BCUT2D eigenvalue weighted by Crippen LogP contribution is 2.33. The number of nitrogens with zero attached hydrogens (tertiary/aromatic N) is 6. The average molecular weight is 1170 g/mol. The number of carbonyl (C=O) groups is 6. The summed E-state index contributed by atoms with van der Waals surface area (Å²) >= 11 is 0. The zero-order valence-corrected chi connectivity index (χ0v) is 53.8. The molecule has 0 saturated heterocycles. The maximum atomic E-state index is 14.8. The van der Waals surface area contributed by atoms with Gasteiger partial charge in [-0.3, -0.25) is 28.8 Å². The molecule has 1 aromatic carbocycles. The summed E-state index contributed by atoms with van der Waals surface area (Å²) in [7, 11) is 0. The second kappa shape index (κ2) is 38.2. The Morgan fingerprint density at radius 3 is 0.488 bits per heavy atom. The highest BCUT2D eigenvalue weighted by atomic mass is 16.2. The van der Waals surface area contributed by atoms with Gasteiger partial charge in [-0.1, -0.05) is 199 Å². The molecule has 0 saturated carbocycles. The third kappa shape index (κ3) is 20.6. The summed E-state index contributed by atoms with van der Waals surface area (Å²) in [6.07, 6.45) is 22.2. The fraction of sp³-hybridized carbons (Fsp3) is 0.727. The van der Waals surface area contributed by atoms with Gasteiger partial charge >= 0.3 is 0 Å². The van der Waals surface area contributed by atoms with Crippen molar-refractivity contribution < 1.29 is 28.8 Å². The number of amides is 6. The van der Waals surface area contributed by atoms with E-state index in [1.54, 1.807) is 0 Å². The summed E-state index contributed by atoms with van der Waals surface area (Å²) in [4.78, 5) is 119. The first kappa shape index (κ1) is 70.5. The predicted molar refractivity (Wildman–Crippen MR) is 340 cm³/mol. The second-order valence-electron chi connectivity index (χ2n) is 23.6. The number of fused-ring (bicyclic) bond motifs is 6. The van der Waals surface area contributed by atoms with E-state index in [0.717, 1.165) is 154 Å². The lowest BCUT2D eigenvalue weighted by molar-refractivity contribution is 0.0903. The maximum absolute atomic E-state index is 14.8. The highest BCUT2D eigenvalue weighted by Gasteiger charge is 2.32. The van der Waals surface area contributed by atoms with Gasteiger partial charge in [0.25, 0.3) is 35.4 Å². The predicted octanol–water partition coefficient (Wildman–Crippen LogP) is 13.2. The first-order valence-electron chi connectivity index (χ1n) is 33.1. The standard InChI is InChI=1S/C66H108N12O6/c1-13-25-31-43(19-7)37-67-61(79)55-56(62(80)68-38-44(20-8)32-26-14-2)74-50-49(73-55)51-53(77-58(64(82)70-40-46(22-10)34-28-16-4)57(75-51)63(81)69-39-45(21-9)33-27-15-3)54-52(50)76-59(65(83)71-41-47(23-11)35-29-17-5)60(78-54)66(84)72-42-48(24-12)36-30-18-6/h43-48H,13-42H2,1-12H3,(H,67,79)(H,68,80)(H,69,81)(H,70,82)(H,71,83)(H,72,84). The Bertz CT molecular complexity index is 2230. The minimum Gasteiger partial charge on any atom is -0.350 e. The van der Waals surface area contributed by atoms with E-state index >= 15 is 0 Å². The van der Waals surface area contributed by atoms with Crippen molar-refractivity contribution in [2.24, 2.45) is 35.5 Å². The van der Waals surface area contributed by atoms with Crippen LogP contribution in [0.2, 0.25) is 0 Å². The fourth-order valence-corrected chi connectivity index (χ4v) is 10.8. The molecule has 4 aromatic rings. The topological polar surface area (TPSA) is 252 Å². The monoisotopic (exact) mass is 1160 g/mol. The first-order chi connectivity index (χ1) is 40.6. The van der Waals surface area contributed by atoms with Gasteiger partial charge in [0.2, 0.25) is 0 Å². The van der Waals surface area contributed by atoms with Gasteiger partial charge in [0, 0.05) is 39.3 Å². The summed E-state index contributed by atoms with van der Waals surface area (Å²) in [5.41, 5.74) is -2.08. The van der Waals surface area contributed by atoms with E-state index in [2.05, 4.69) is 115 Å². The normalized spacial score (nSPS) is 13.7. The molecule has 18 nitrogen and oxygen atoms in total. The number of hydrogen-bond acceptors (Lipinski definition) is 12. The summed E-state index contributed by atoms with van der Waals surface area (Å²) in [5.74, 6) is -2.87. The molecule has 0 spiro atoms. The number of rotatable bonds is 42. The van der Waals surface area contributed by atoms with Crippen molar-refractivity contribution in [2.45, 2.75) is 237 Å². The molecule has 3 heterocycles. The van der Waals surface area contributed by atoms with Crippen LogP contribution in [0, 0.1) is 35.5 Å². The van der Waals surface area contributed by atoms with Crippen LogP contribution >= 0.6 is 0 Å². The van der Waals surface area contributed by atoms with Crippen molar-refractivity contribution >= 4 is 68.5 Å². The van der Waals surface area contributed by atoms with Crippen LogP contribution in [0.4, 0.5) is 0 Å². The number of unbranched alkanes of at least 4 members (excludes halogenated alkanes) is 6. The molecule has 6 N–H and O–H groups in total. The maximum Gasteiger partial charge on any atom is 0.272 e. The lowest BCUT2D eigenvalue weighted by Crippen LogP contribution is -2.36. The Morgan fingerprint density at radius 1 is 0.250 bits per heavy atom. The molecule has 3 aromatic heterocycles. The Morgan fingerprint density at radius 2 is 0.381 bits per heavy atom. The average Bonchev–Trinajstić information content (AvgIpc) is 0.826. The van der Waals surface area contributed by atoms with Gasteiger partial charge in [0.1, 0.15) is 33.1 Å². The van der Waals surface area contributed by atoms with Crippen molar-refractivity contribution in [1.82, 2.24) is 61.8 Å². The van der Waals surface area contributed by atoms with E-state index in [4.69, 9.17) is 29.9 Å². The molecule has 0 aliphatic carbocycles. The van der Waals surface area contributed by atoms with Gasteiger partial charge in [-0.25, -0.2) is 29.9 Å². The van der Waals surface area contributed by atoms with E-state index in [1.807, 2.05) is 0 Å². The lowest BCUT2D eigenvalue weighted by Gasteiger charge is -2.20.